The van der Waals surface area contributed by atoms with E-state index in [1.807, 2.05) is 0 Å². The Bertz CT molecular complexity index is 1210. The van der Waals surface area contributed by atoms with Crippen LogP contribution in [-0.4, -0.2) is 29.6 Å². The van der Waals surface area contributed by atoms with Gasteiger partial charge in [-0.15, -0.1) is 0 Å². The Kier molecular flexibility index (Phi) is 7.18. The van der Waals surface area contributed by atoms with Gasteiger partial charge >= 0.3 is 12.1 Å². The summed E-state index contributed by atoms with van der Waals surface area (Å²) in [5.74, 6) is 0.685. The summed E-state index contributed by atoms with van der Waals surface area (Å²) in [6, 6.07) is 5.18. The molecule has 2 aromatic rings. The molecule has 11 heteroatoms. The van der Waals surface area contributed by atoms with Gasteiger partial charge in [0, 0.05) is 27.6 Å². The van der Waals surface area contributed by atoms with Crippen molar-refractivity contribution in [2.45, 2.75) is 30.3 Å². The predicted molar refractivity (Wildman–Crippen MR) is 126 cm³/mol. The lowest BCUT2D eigenvalue weighted by Crippen LogP contribution is -2.09. The van der Waals surface area contributed by atoms with Crippen molar-refractivity contribution in [2.75, 3.05) is 24.3 Å². The molecule has 2 N–H and O–H groups in total. The summed E-state index contributed by atoms with van der Waals surface area (Å²) in [7, 11) is 1.33. The van der Waals surface area contributed by atoms with Gasteiger partial charge in [-0.3, -0.25) is 0 Å². The van der Waals surface area contributed by atoms with Crippen LogP contribution < -0.4 is 10.6 Å². The number of nitrogens with zero attached hydrogens (tertiary/aromatic N) is 2. The molecule has 2 heterocycles. The van der Waals surface area contributed by atoms with Gasteiger partial charge in [-0.25, -0.2) is 14.8 Å². The molecule has 34 heavy (non-hydrogen) atoms. The molecule has 4 rings (SSSR count). The van der Waals surface area contributed by atoms with Crippen LogP contribution in [0.2, 0.25) is 0 Å². The van der Waals surface area contributed by atoms with E-state index >= 15 is 0 Å². The van der Waals surface area contributed by atoms with Crippen LogP contribution in [0.3, 0.4) is 0 Å². The van der Waals surface area contributed by atoms with Crippen LogP contribution >= 0.6 is 23.4 Å². The number of allylic oxidation sites excluding steroid dienone is 4. The van der Waals surface area contributed by atoms with Gasteiger partial charge in [0.25, 0.3) is 0 Å². The van der Waals surface area contributed by atoms with Gasteiger partial charge in [-0.2, -0.15) is 13.2 Å². The normalized spacial score (nSPS) is 16.0. The summed E-state index contributed by atoms with van der Waals surface area (Å²) < 4.78 is 43.9. The molecule has 6 nitrogen and oxygen atoms in total. The highest BCUT2D eigenvalue weighted by Gasteiger charge is 2.30. The fourth-order valence-electron chi connectivity index (χ4n) is 3.53. The number of alkyl halides is 3. The van der Waals surface area contributed by atoms with E-state index in [1.54, 1.807) is 18.2 Å². The van der Waals surface area contributed by atoms with Crippen LogP contribution in [0, 0.1) is 0 Å². The van der Waals surface area contributed by atoms with Crippen molar-refractivity contribution in [1.29, 1.82) is 0 Å². The van der Waals surface area contributed by atoms with Crippen molar-refractivity contribution >= 4 is 47.0 Å². The number of hydrogen-bond donors (Lipinski definition) is 2. The fraction of sp³-hybridized carbons (Fsp3) is 0.261. The zero-order valence-electron chi connectivity index (χ0n) is 18.0. The number of fused-ring (bicyclic) bond motifs is 1. The molecular weight excluding hydrogens is 489 g/mol. The van der Waals surface area contributed by atoms with Crippen LogP contribution in [0.15, 0.2) is 62.8 Å². The Hall–Kier alpha value is -2.98. The van der Waals surface area contributed by atoms with Crippen molar-refractivity contribution in [2.24, 2.45) is 0 Å². The molecule has 0 saturated heterocycles. The van der Waals surface area contributed by atoms with E-state index in [2.05, 4.69) is 20.6 Å². The quantitative estimate of drug-likeness (QED) is 0.466. The number of ether oxygens (including phenoxy) is 1. The van der Waals surface area contributed by atoms with Gasteiger partial charge in [0.2, 0.25) is 0 Å². The van der Waals surface area contributed by atoms with Crippen molar-refractivity contribution in [3.8, 4) is 0 Å². The average Bonchev–Trinajstić information content (AvgIpc) is 3.03. The number of halogens is 4. The maximum atomic E-state index is 13.0. The Morgan fingerprint density at radius 1 is 1.21 bits per heavy atom. The van der Waals surface area contributed by atoms with Gasteiger partial charge in [0.05, 0.1) is 23.3 Å². The number of benzene rings is 1. The number of anilines is 2. The second kappa shape index (κ2) is 10.1. The minimum Gasteiger partial charge on any atom is -0.466 e. The number of nitrogens with one attached hydrogen (secondary N) is 2. The summed E-state index contributed by atoms with van der Waals surface area (Å²) in [6.07, 6.45) is 2.08. The highest BCUT2D eigenvalue weighted by atomic mass is 35.5. The Morgan fingerprint density at radius 3 is 2.76 bits per heavy atom. The third-order valence-electron chi connectivity index (χ3n) is 5.21. The lowest BCUT2D eigenvalue weighted by molar-refractivity contribution is -0.138. The first kappa shape index (κ1) is 24.2. The lowest BCUT2D eigenvalue weighted by atomic mass is 10.1. The summed E-state index contributed by atoms with van der Waals surface area (Å²) >= 11 is 7.70. The number of hydrogen-bond acceptors (Lipinski definition) is 7. The molecule has 0 amide bonds. The lowest BCUT2D eigenvalue weighted by Gasteiger charge is -2.19. The first-order valence-corrected chi connectivity index (χ1v) is 11.5. The molecule has 1 aliphatic heterocycles. The average molecular weight is 509 g/mol. The number of methoxy groups -OCH3 is 1. The fourth-order valence-corrected chi connectivity index (χ4v) is 4.85. The molecule has 0 fully saturated rings. The van der Waals surface area contributed by atoms with Gasteiger partial charge in [0.1, 0.15) is 18.0 Å². The van der Waals surface area contributed by atoms with E-state index < -0.39 is 17.7 Å². The van der Waals surface area contributed by atoms with E-state index in [-0.39, 0.29) is 0 Å². The van der Waals surface area contributed by atoms with Gasteiger partial charge in [-0.1, -0.05) is 29.4 Å². The predicted octanol–water partition coefficient (Wildman–Crippen LogP) is 6.20. The number of thioether (sulfide) groups is 1. The third-order valence-corrected chi connectivity index (χ3v) is 6.82. The third kappa shape index (κ3) is 5.56. The molecule has 0 spiro atoms. The van der Waals surface area contributed by atoms with Crippen LogP contribution in [0.1, 0.15) is 30.4 Å². The molecular formula is C23H20ClF3N4O2S. The Labute approximate surface area is 203 Å². The summed E-state index contributed by atoms with van der Waals surface area (Å²) in [5.41, 5.74) is 1.23. The van der Waals surface area contributed by atoms with Crippen LogP contribution in [-0.2, 0) is 15.7 Å². The smallest absolute Gasteiger partial charge is 0.416 e. The first-order valence-electron chi connectivity index (χ1n) is 10.3. The van der Waals surface area contributed by atoms with E-state index in [0.29, 0.717) is 58.5 Å². The summed E-state index contributed by atoms with van der Waals surface area (Å²) in [4.78, 5) is 21.9. The number of esters is 1. The van der Waals surface area contributed by atoms with Gasteiger partial charge in [-0.05, 0) is 49.6 Å². The number of rotatable bonds is 5. The number of carbonyl (C=O) groups is 1. The minimum absolute atomic E-state index is 0.413. The molecule has 0 radical (unpaired) electrons. The zero-order valence-corrected chi connectivity index (χ0v) is 19.6. The molecule has 1 aromatic carbocycles. The van der Waals surface area contributed by atoms with Crippen LogP contribution in [0.4, 0.5) is 24.8 Å². The highest BCUT2D eigenvalue weighted by molar-refractivity contribution is 8.03. The Balaban J connectivity index is 1.56. The van der Waals surface area contributed by atoms with Crippen molar-refractivity contribution in [3.63, 3.8) is 0 Å². The monoisotopic (exact) mass is 508 g/mol. The van der Waals surface area contributed by atoms with Crippen LogP contribution in [0.5, 0.6) is 0 Å². The molecule has 0 unspecified atom stereocenters. The highest BCUT2D eigenvalue weighted by Crippen LogP contribution is 2.40. The van der Waals surface area contributed by atoms with E-state index in [9.17, 15) is 18.0 Å². The van der Waals surface area contributed by atoms with Crippen molar-refractivity contribution < 1.29 is 22.7 Å². The molecule has 0 atom stereocenters. The van der Waals surface area contributed by atoms with E-state index in [0.717, 1.165) is 22.7 Å². The summed E-state index contributed by atoms with van der Waals surface area (Å²) in [6.45, 7) is 0.526. The van der Waals surface area contributed by atoms with Crippen LogP contribution in [0.25, 0.3) is 6.08 Å². The maximum Gasteiger partial charge on any atom is 0.416 e. The van der Waals surface area contributed by atoms with E-state index in [1.165, 1.54) is 31.3 Å². The minimum atomic E-state index is -4.40. The van der Waals surface area contributed by atoms with E-state index in [4.69, 9.17) is 16.3 Å². The topological polar surface area (TPSA) is 76.1 Å². The molecule has 1 aromatic heterocycles. The molecule has 1 aliphatic carbocycles. The largest absolute Gasteiger partial charge is 0.466 e. The number of carbonyl (C=O) groups excluding carboxylic acids is 1. The number of aromatic nitrogens is 2. The maximum absolute atomic E-state index is 13.0. The molecule has 2 aliphatic rings. The molecule has 0 bridgehead atoms. The second-order valence-corrected chi connectivity index (χ2v) is 9.09. The van der Waals surface area contributed by atoms with Crippen molar-refractivity contribution in [3.05, 3.63) is 69.0 Å². The van der Waals surface area contributed by atoms with Gasteiger partial charge in [0.15, 0.2) is 0 Å². The van der Waals surface area contributed by atoms with Gasteiger partial charge < -0.3 is 15.4 Å². The Morgan fingerprint density at radius 2 is 2.03 bits per heavy atom. The SMILES string of the molecule is COC(=O)C1=Cc2c(ncnc2NC2=CC(Cl)=C(Sc3cccc(C(F)(F)F)c3)CC2)NCC1. The summed E-state index contributed by atoms with van der Waals surface area (Å²) in [5, 5.41) is 6.88. The molecule has 0 saturated carbocycles. The van der Waals surface area contributed by atoms with Crippen molar-refractivity contribution in [1.82, 2.24) is 9.97 Å². The molecule has 178 valence electrons. The standard InChI is InChI=1S/C23H20ClF3N4O2S/c1-33-22(32)13-7-8-28-20-17(9-13)21(30-12-29-20)31-15-5-6-19(18(24)11-15)34-16-4-2-3-14(10-16)23(25,26)27/h2-4,9-12H,5-8H2,1H3,(H2,28,29,30,31). The second-order valence-electron chi connectivity index (χ2n) is 7.52. The first-order chi connectivity index (χ1) is 16.2. The zero-order chi connectivity index (χ0) is 24.3.